The highest BCUT2D eigenvalue weighted by molar-refractivity contribution is 6.18. The third-order valence-electron chi connectivity index (χ3n) is 6.35. The summed E-state index contributed by atoms with van der Waals surface area (Å²) in [6, 6.07) is 38.4. The molecule has 32 heavy (non-hydrogen) atoms. The number of hydrogen-bond acceptors (Lipinski definition) is 1. The molecular formula is C29H19N3. The average molecular weight is 409 g/mol. The van der Waals surface area contributed by atoms with Crippen molar-refractivity contribution in [2.24, 2.45) is 0 Å². The van der Waals surface area contributed by atoms with Crippen LogP contribution in [0.3, 0.4) is 0 Å². The normalized spacial score (nSPS) is 11.8. The highest BCUT2D eigenvalue weighted by atomic mass is 15.1. The summed E-state index contributed by atoms with van der Waals surface area (Å²) >= 11 is 0. The van der Waals surface area contributed by atoms with Crippen LogP contribution in [0.15, 0.2) is 115 Å². The van der Waals surface area contributed by atoms with Gasteiger partial charge in [-0.15, -0.1) is 0 Å². The van der Waals surface area contributed by atoms with E-state index in [1.54, 1.807) is 0 Å². The van der Waals surface area contributed by atoms with Crippen LogP contribution in [0.25, 0.3) is 55.1 Å². The first-order valence-corrected chi connectivity index (χ1v) is 10.8. The van der Waals surface area contributed by atoms with Crippen LogP contribution in [0.1, 0.15) is 0 Å². The first kappa shape index (κ1) is 17.3. The van der Waals surface area contributed by atoms with Crippen molar-refractivity contribution in [3.05, 3.63) is 115 Å². The molecule has 150 valence electrons. The highest BCUT2D eigenvalue weighted by Gasteiger charge is 2.16. The molecule has 7 aromatic rings. The van der Waals surface area contributed by atoms with Gasteiger partial charge in [-0.25, -0.2) is 4.98 Å². The third-order valence-corrected chi connectivity index (χ3v) is 6.35. The monoisotopic (exact) mass is 409 g/mol. The minimum atomic E-state index is 0.931. The second-order valence-electron chi connectivity index (χ2n) is 8.13. The quantitative estimate of drug-likeness (QED) is 0.294. The van der Waals surface area contributed by atoms with E-state index in [1.165, 1.54) is 32.9 Å². The first-order chi connectivity index (χ1) is 15.9. The number of nitrogens with zero attached hydrogens (tertiary/aromatic N) is 3. The summed E-state index contributed by atoms with van der Waals surface area (Å²) in [4.78, 5) is 4.93. The molecule has 0 saturated heterocycles. The van der Waals surface area contributed by atoms with Gasteiger partial charge in [-0.1, -0.05) is 60.7 Å². The molecule has 0 radical (unpaired) electrons. The van der Waals surface area contributed by atoms with Crippen LogP contribution in [-0.4, -0.2) is 14.1 Å². The molecule has 3 aromatic heterocycles. The maximum absolute atomic E-state index is 4.93. The van der Waals surface area contributed by atoms with E-state index in [4.69, 9.17) is 4.98 Å². The van der Waals surface area contributed by atoms with E-state index in [-0.39, 0.29) is 0 Å². The number of hydrogen-bond donors (Lipinski definition) is 0. The number of benzene rings is 4. The van der Waals surface area contributed by atoms with Gasteiger partial charge in [0.2, 0.25) is 0 Å². The topological polar surface area (TPSA) is 22.8 Å². The molecule has 0 aliphatic carbocycles. The highest BCUT2D eigenvalue weighted by Crippen LogP contribution is 2.37. The Hall–Kier alpha value is -4.37. The minimum absolute atomic E-state index is 0.931. The van der Waals surface area contributed by atoms with Gasteiger partial charge in [-0.3, -0.25) is 0 Å². The Morgan fingerprint density at radius 2 is 1.34 bits per heavy atom. The van der Waals surface area contributed by atoms with Crippen LogP contribution in [0.2, 0.25) is 0 Å². The summed E-state index contributed by atoms with van der Waals surface area (Å²) in [5.74, 6) is 0.931. The summed E-state index contributed by atoms with van der Waals surface area (Å²) in [7, 11) is 0. The maximum atomic E-state index is 4.93. The largest absolute Gasteiger partial charge is 0.309 e. The number of pyridine rings is 1. The van der Waals surface area contributed by atoms with Crippen molar-refractivity contribution in [1.82, 2.24) is 14.1 Å². The van der Waals surface area contributed by atoms with E-state index in [1.807, 2.05) is 12.1 Å². The van der Waals surface area contributed by atoms with Crippen molar-refractivity contribution in [2.45, 2.75) is 0 Å². The predicted octanol–water partition coefficient (Wildman–Crippen LogP) is 7.28. The molecule has 3 heteroatoms. The molecular weight excluding hydrogens is 390 g/mol. The molecule has 0 saturated carbocycles. The van der Waals surface area contributed by atoms with Crippen LogP contribution in [-0.2, 0) is 0 Å². The van der Waals surface area contributed by atoms with E-state index in [9.17, 15) is 0 Å². The number of para-hydroxylation sites is 3. The Morgan fingerprint density at radius 3 is 2.28 bits per heavy atom. The lowest BCUT2D eigenvalue weighted by Gasteiger charge is -2.09. The van der Waals surface area contributed by atoms with Gasteiger partial charge in [0.05, 0.1) is 22.1 Å². The number of aromatic nitrogens is 3. The number of fused-ring (bicyclic) bond motifs is 6. The summed E-state index contributed by atoms with van der Waals surface area (Å²) in [5, 5.41) is 4.91. The molecule has 0 aliphatic rings. The second-order valence-corrected chi connectivity index (χ2v) is 8.13. The minimum Gasteiger partial charge on any atom is -0.309 e. The summed E-state index contributed by atoms with van der Waals surface area (Å²) < 4.78 is 4.57. The van der Waals surface area contributed by atoms with E-state index >= 15 is 0 Å². The van der Waals surface area contributed by atoms with Gasteiger partial charge in [0.25, 0.3) is 0 Å². The van der Waals surface area contributed by atoms with Crippen LogP contribution >= 0.6 is 0 Å². The van der Waals surface area contributed by atoms with Gasteiger partial charge in [0, 0.05) is 33.4 Å². The standard InChI is InChI=1S/C29H19N3/c1-2-9-21(10-3-1)32-27-13-7-5-11-22(27)23-15-16-26-24(29(23)32)18-19-31(26)28-17-14-20-8-4-6-12-25(20)30-28/h1-19H. The first-order valence-electron chi connectivity index (χ1n) is 10.8. The van der Waals surface area contributed by atoms with E-state index in [0.29, 0.717) is 0 Å². The zero-order valence-corrected chi connectivity index (χ0v) is 17.3. The summed E-state index contributed by atoms with van der Waals surface area (Å²) in [5.41, 5.74) is 5.78. The smallest absolute Gasteiger partial charge is 0.137 e. The van der Waals surface area contributed by atoms with Crippen molar-refractivity contribution >= 4 is 43.6 Å². The molecule has 0 aliphatic heterocycles. The van der Waals surface area contributed by atoms with E-state index in [0.717, 1.165) is 22.2 Å². The van der Waals surface area contributed by atoms with Crippen LogP contribution in [0, 0.1) is 0 Å². The predicted molar refractivity (Wildman–Crippen MR) is 133 cm³/mol. The fourth-order valence-electron chi connectivity index (χ4n) is 4.91. The SMILES string of the molecule is c1ccc(-n2c3ccccc3c3ccc4c(ccn4-c4ccc5ccccc5n4)c32)cc1. The Kier molecular flexibility index (Phi) is 3.55. The summed E-state index contributed by atoms with van der Waals surface area (Å²) in [6.45, 7) is 0. The van der Waals surface area contributed by atoms with Crippen LogP contribution < -0.4 is 0 Å². The molecule has 3 nitrogen and oxygen atoms in total. The van der Waals surface area contributed by atoms with Crippen molar-refractivity contribution in [3.8, 4) is 11.5 Å². The fourth-order valence-corrected chi connectivity index (χ4v) is 4.91. The molecule has 0 amide bonds. The van der Waals surface area contributed by atoms with Gasteiger partial charge in [0.15, 0.2) is 0 Å². The van der Waals surface area contributed by atoms with Crippen LogP contribution in [0.5, 0.6) is 0 Å². The maximum Gasteiger partial charge on any atom is 0.137 e. The number of rotatable bonds is 2. The lowest BCUT2D eigenvalue weighted by molar-refractivity contribution is 1.06. The van der Waals surface area contributed by atoms with Gasteiger partial charge in [-0.2, -0.15) is 0 Å². The van der Waals surface area contributed by atoms with Gasteiger partial charge >= 0.3 is 0 Å². The molecule has 0 fully saturated rings. The second kappa shape index (κ2) is 6.56. The van der Waals surface area contributed by atoms with Crippen molar-refractivity contribution in [2.75, 3.05) is 0 Å². The van der Waals surface area contributed by atoms with Gasteiger partial charge < -0.3 is 9.13 Å². The lowest BCUT2D eigenvalue weighted by atomic mass is 10.1. The fraction of sp³-hybridized carbons (Fsp3) is 0. The molecule has 0 unspecified atom stereocenters. The summed E-state index contributed by atoms with van der Waals surface area (Å²) in [6.07, 6.45) is 2.13. The average Bonchev–Trinajstić information content (AvgIpc) is 3.43. The zero-order chi connectivity index (χ0) is 21.1. The Morgan fingerprint density at radius 1 is 0.531 bits per heavy atom. The molecule has 4 aromatic carbocycles. The Bertz CT molecular complexity index is 1770. The molecule has 0 spiro atoms. The molecule has 0 atom stereocenters. The third kappa shape index (κ3) is 2.39. The zero-order valence-electron chi connectivity index (χ0n) is 17.3. The lowest BCUT2D eigenvalue weighted by Crippen LogP contribution is -1.96. The molecule has 3 heterocycles. The van der Waals surface area contributed by atoms with Gasteiger partial charge in [0.1, 0.15) is 5.82 Å². The molecule has 0 N–H and O–H groups in total. The Balaban J connectivity index is 1.57. The van der Waals surface area contributed by atoms with Crippen molar-refractivity contribution in [1.29, 1.82) is 0 Å². The van der Waals surface area contributed by atoms with Gasteiger partial charge in [-0.05, 0) is 48.5 Å². The molecule has 0 bridgehead atoms. The van der Waals surface area contributed by atoms with E-state index < -0.39 is 0 Å². The Labute approximate surface area is 184 Å². The van der Waals surface area contributed by atoms with Crippen molar-refractivity contribution < 1.29 is 0 Å². The van der Waals surface area contributed by atoms with E-state index in [2.05, 4.69) is 112 Å². The van der Waals surface area contributed by atoms with Crippen LogP contribution in [0.4, 0.5) is 0 Å². The van der Waals surface area contributed by atoms with Crippen molar-refractivity contribution in [3.63, 3.8) is 0 Å². The molecule has 7 rings (SSSR count).